The maximum absolute atomic E-state index is 12.9. The van der Waals surface area contributed by atoms with E-state index in [-0.39, 0.29) is 5.92 Å². The number of carbonyl (C=O) groups is 1. The van der Waals surface area contributed by atoms with E-state index < -0.39 is 0 Å². The van der Waals surface area contributed by atoms with Crippen LogP contribution in [0.1, 0.15) is 50.6 Å². The van der Waals surface area contributed by atoms with Gasteiger partial charge in [-0.25, -0.2) is 0 Å². The number of rotatable bonds is 6. The molecule has 4 unspecified atom stereocenters. The highest BCUT2D eigenvalue weighted by Crippen LogP contribution is 2.37. The predicted octanol–water partition coefficient (Wildman–Crippen LogP) is 1.50. The van der Waals surface area contributed by atoms with Gasteiger partial charge in [-0.15, -0.1) is 5.10 Å². The van der Waals surface area contributed by atoms with Crippen molar-refractivity contribution in [1.82, 2.24) is 30.1 Å². The maximum Gasteiger partial charge on any atom is 0.224 e. The molecule has 1 saturated carbocycles. The van der Waals surface area contributed by atoms with Crippen molar-refractivity contribution >= 4 is 5.91 Å². The molecule has 3 saturated heterocycles. The Kier molecular flexibility index (Phi) is 5.78. The minimum atomic E-state index is 0.178. The molecule has 4 fully saturated rings. The van der Waals surface area contributed by atoms with Gasteiger partial charge < -0.3 is 10.2 Å². The van der Waals surface area contributed by atoms with Crippen molar-refractivity contribution in [2.45, 2.75) is 70.1 Å². The van der Waals surface area contributed by atoms with E-state index in [1.54, 1.807) is 0 Å². The molecule has 7 heteroatoms. The highest BCUT2D eigenvalue weighted by molar-refractivity contribution is 5.79. The van der Waals surface area contributed by atoms with Crippen molar-refractivity contribution in [2.24, 2.45) is 11.8 Å². The average molecular weight is 375 g/mol. The molecule has 0 spiro atoms. The Balaban J connectivity index is 1.31. The van der Waals surface area contributed by atoms with Crippen molar-refractivity contribution in [3.63, 3.8) is 0 Å². The van der Waals surface area contributed by atoms with Crippen molar-refractivity contribution in [3.8, 4) is 0 Å². The summed E-state index contributed by atoms with van der Waals surface area (Å²) in [6.07, 6.45) is 10.5. The third-order valence-corrected chi connectivity index (χ3v) is 6.63. The second kappa shape index (κ2) is 8.27. The number of nitrogens with one attached hydrogen (secondary N) is 1. The monoisotopic (exact) mass is 374 g/mol. The molecule has 0 radical (unpaired) electrons. The third kappa shape index (κ3) is 4.51. The molecule has 1 amide bonds. The molecule has 1 aromatic rings. The van der Waals surface area contributed by atoms with Gasteiger partial charge in [0.2, 0.25) is 5.91 Å². The summed E-state index contributed by atoms with van der Waals surface area (Å²) in [5, 5.41) is 12.0. The summed E-state index contributed by atoms with van der Waals surface area (Å²) < 4.78 is 1.99. The minimum absolute atomic E-state index is 0.178. The fraction of sp³-hybridized carbons (Fsp3) is 0.850. The third-order valence-electron chi connectivity index (χ3n) is 6.63. The molecule has 1 aromatic heterocycles. The van der Waals surface area contributed by atoms with Crippen LogP contribution in [0.5, 0.6) is 0 Å². The highest BCUT2D eigenvalue weighted by atomic mass is 16.2. The number of amides is 1. The molecule has 1 N–H and O–H groups in total. The first-order valence-corrected chi connectivity index (χ1v) is 10.7. The first-order chi connectivity index (χ1) is 13.1. The van der Waals surface area contributed by atoms with Crippen LogP contribution in [0.3, 0.4) is 0 Å². The zero-order chi connectivity index (χ0) is 18.8. The summed E-state index contributed by atoms with van der Waals surface area (Å²) in [6.45, 7) is 3.73. The first-order valence-electron chi connectivity index (χ1n) is 10.7. The lowest BCUT2D eigenvalue weighted by Gasteiger charge is -2.49. The number of nitrogens with zero attached hydrogens (tertiary/aromatic N) is 5. The van der Waals surface area contributed by atoms with Gasteiger partial charge >= 0.3 is 0 Å². The van der Waals surface area contributed by atoms with Crippen LogP contribution in [0.15, 0.2) is 6.20 Å². The summed E-state index contributed by atoms with van der Waals surface area (Å²) in [7, 11) is 4.09. The zero-order valence-corrected chi connectivity index (χ0v) is 16.8. The second-order valence-electron chi connectivity index (χ2n) is 9.05. The van der Waals surface area contributed by atoms with Crippen LogP contribution in [-0.2, 0) is 17.9 Å². The topological polar surface area (TPSA) is 66.3 Å². The Labute approximate surface area is 162 Å². The molecule has 0 aromatic carbocycles. The summed E-state index contributed by atoms with van der Waals surface area (Å²) in [6, 6.07) is 0.902. The van der Waals surface area contributed by atoms with E-state index in [1.165, 1.54) is 19.3 Å². The smallest absolute Gasteiger partial charge is 0.224 e. The fourth-order valence-electron chi connectivity index (χ4n) is 5.22. The van der Waals surface area contributed by atoms with Crippen LogP contribution >= 0.6 is 0 Å². The fourth-order valence-corrected chi connectivity index (χ4v) is 5.22. The number of fused-ring (bicyclic) bond motifs is 3. The number of piperidine rings is 3. The summed E-state index contributed by atoms with van der Waals surface area (Å²) in [5.41, 5.74) is 1.01. The Bertz CT molecular complexity index is 638. The first kappa shape index (κ1) is 18.9. The average Bonchev–Trinajstić information content (AvgIpc) is 3.09. The van der Waals surface area contributed by atoms with Crippen LogP contribution in [0.2, 0.25) is 0 Å². The van der Waals surface area contributed by atoms with E-state index in [2.05, 4.69) is 31.6 Å². The van der Waals surface area contributed by atoms with Crippen LogP contribution in [-0.4, -0.2) is 70.0 Å². The van der Waals surface area contributed by atoms with Crippen LogP contribution in [0.4, 0.5) is 0 Å². The number of hydrogen-bond donors (Lipinski definition) is 1. The normalized spacial score (nSPS) is 31.4. The van der Waals surface area contributed by atoms with Gasteiger partial charge in [0.15, 0.2) is 0 Å². The highest BCUT2D eigenvalue weighted by Gasteiger charge is 2.43. The molecule has 150 valence electrons. The molecular weight excluding hydrogens is 340 g/mol. The SMILES string of the molecule is CN(C)Cc1cn(CC2CC3CCN2CC3C(=O)NC2CCCCC2)nn1. The molecule has 4 aliphatic rings. The molecule has 4 atom stereocenters. The minimum Gasteiger partial charge on any atom is -0.353 e. The van der Waals surface area contributed by atoms with Crippen molar-refractivity contribution in [1.29, 1.82) is 0 Å². The lowest BCUT2D eigenvalue weighted by molar-refractivity contribution is -0.134. The molecule has 2 bridgehead atoms. The van der Waals surface area contributed by atoms with Gasteiger partial charge in [-0.1, -0.05) is 24.5 Å². The summed E-state index contributed by atoms with van der Waals surface area (Å²) in [4.78, 5) is 17.5. The summed E-state index contributed by atoms with van der Waals surface area (Å²) >= 11 is 0. The number of carbonyl (C=O) groups excluding carboxylic acids is 1. The van der Waals surface area contributed by atoms with Crippen LogP contribution < -0.4 is 5.32 Å². The van der Waals surface area contributed by atoms with E-state index in [1.807, 2.05) is 18.8 Å². The van der Waals surface area contributed by atoms with Crippen LogP contribution in [0, 0.1) is 11.8 Å². The molecule has 1 aliphatic carbocycles. The van der Waals surface area contributed by atoms with Crippen molar-refractivity contribution in [3.05, 3.63) is 11.9 Å². The standard InChI is InChI=1S/C20H34N6O/c1-24(2)11-17-12-26(23-22-17)13-18-10-15-8-9-25(18)14-19(15)20(27)21-16-6-4-3-5-7-16/h12,15-16,18-19H,3-11,13-14H2,1-2H3,(H,21,27). The van der Waals surface area contributed by atoms with Gasteiger partial charge in [0.25, 0.3) is 0 Å². The molecule has 7 nitrogen and oxygen atoms in total. The van der Waals surface area contributed by atoms with Gasteiger partial charge in [0.05, 0.1) is 18.2 Å². The second-order valence-corrected chi connectivity index (χ2v) is 9.05. The van der Waals surface area contributed by atoms with Gasteiger partial charge in [0, 0.05) is 31.4 Å². The number of hydrogen-bond acceptors (Lipinski definition) is 5. The van der Waals surface area contributed by atoms with Gasteiger partial charge in [0.1, 0.15) is 0 Å². The van der Waals surface area contributed by atoms with Gasteiger partial charge in [-0.3, -0.25) is 14.4 Å². The molecule has 5 rings (SSSR count). The van der Waals surface area contributed by atoms with E-state index in [4.69, 9.17) is 0 Å². The molecular formula is C20H34N6O. The van der Waals surface area contributed by atoms with E-state index in [0.29, 0.717) is 23.9 Å². The molecule has 3 aliphatic heterocycles. The van der Waals surface area contributed by atoms with Gasteiger partial charge in [-0.2, -0.15) is 0 Å². The van der Waals surface area contributed by atoms with Crippen LogP contribution in [0.25, 0.3) is 0 Å². The Morgan fingerprint density at radius 2 is 2.07 bits per heavy atom. The van der Waals surface area contributed by atoms with E-state index >= 15 is 0 Å². The Morgan fingerprint density at radius 3 is 2.78 bits per heavy atom. The quantitative estimate of drug-likeness (QED) is 0.817. The Morgan fingerprint density at radius 1 is 1.26 bits per heavy atom. The number of aromatic nitrogens is 3. The van der Waals surface area contributed by atoms with Crippen molar-refractivity contribution < 1.29 is 4.79 Å². The van der Waals surface area contributed by atoms with E-state index in [0.717, 1.165) is 57.6 Å². The van der Waals surface area contributed by atoms with Crippen molar-refractivity contribution in [2.75, 3.05) is 27.2 Å². The predicted molar refractivity (Wildman–Crippen MR) is 104 cm³/mol. The van der Waals surface area contributed by atoms with E-state index in [9.17, 15) is 4.79 Å². The van der Waals surface area contributed by atoms with Gasteiger partial charge in [-0.05, 0) is 52.2 Å². The lowest BCUT2D eigenvalue weighted by Crippen LogP contribution is -2.58. The molecule has 4 heterocycles. The summed E-state index contributed by atoms with van der Waals surface area (Å²) in [5.74, 6) is 1.01. The maximum atomic E-state index is 12.9. The zero-order valence-electron chi connectivity index (χ0n) is 16.8. The Hall–Kier alpha value is -1.47. The largest absolute Gasteiger partial charge is 0.353 e. The molecule has 27 heavy (non-hydrogen) atoms. The lowest BCUT2D eigenvalue weighted by atomic mass is 9.75.